The molecule has 3 nitrogen and oxygen atoms in total. The van der Waals surface area contributed by atoms with E-state index in [1.807, 2.05) is 6.92 Å². The van der Waals surface area contributed by atoms with E-state index < -0.39 is 0 Å². The van der Waals surface area contributed by atoms with E-state index in [1.54, 1.807) is 0 Å². The van der Waals surface area contributed by atoms with E-state index in [9.17, 15) is 0 Å². The smallest absolute Gasteiger partial charge is 0.175 e. The van der Waals surface area contributed by atoms with Gasteiger partial charge in [-0.3, -0.25) is 0 Å². The molecule has 0 amide bonds. The number of hydrogen-bond donors (Lipinski definition) is 1. The molecule has 4 heteroatoms. The summed E-state index contributed by atoms with van der Waals surface area (Å²) in [6.07, 6.45) is 0. The number of nitrogens with one attached hydrogen (secondary N) is 1. The summed E-state index contributed by atoms with van der Waals surface area (Å²) >= 11 is 3.64. The molecule has 136 valence electrons. The lowest BCUT2D eigenvalue weighted by molar-refractivity contribution is 0.267. The fourth-order valence-electron chi connectivity index (χ4n) is 2.47. The predicted molar refractivity (Wildman–Crippen MR) is 107 cm³/mol. The van der Waals surface area contributed by atoms with Crippen molar-refractivity contribution in [3.05, 3.63) is 57.6 Å². The van der Waals surface area contributed by atoms with Gasteiger partial charge in [0.05, 0.1) is 11.1 Å². The highest BCUT2D eigenvalue weighted by Gasteiger charge is 2.13. The van der Waals surface area contributed by atoms with Crippen molar-refractivity contribution in [2.45, 2.75) is 40.8 Å². The fraction of sp³-hybridized carbons (Fsp3) is 0.429. The monoisotopic (exact) mass is 405 g/mol. The van der Waals surface area contributed by atoms with Gasteiger partial charge < -0.3 is 14.8 Å². The van der Waals surface area contributed by atoms with Crippen LogP contribution < -0.4 is 14.8 Å². The molecular formula is C21H28BrNO2. The fourth-order valence-corrected chi connectivity index (χ4v) is 3.08. The zero-order valence-electron chi connectivity index (χ0n) is 15.6. The van der Waals surface area contributed by atoms with Gasteiger partial charge in [0.15, 0.2) is 11.5 Å². The van der Waals surface area contributed by atoms with Gasteiger partial charge in [-0.15, -0.1) is 0 Å². The van der Waals surface area contributed by atoms with Gasteiger partial charge in [0.25, 0.3) is 0 Å². The van der Waals surface area contributed by atoms with Crippen molar-refractivity contribution >= 4 is 15.9 Å². The molecule has 25 heavy (non-hydrogen) atoms. The first-order valence-corrected chi connectivity index (χ1v) is 9.63. The van der Waals surface area contributed by atoms with Gasteiger partial charge in [0, 0.05) is 6.54 Å². The molecule has 0 unspecified atom stereocenters. The standard InChI is InChI=1S/C21H28BrNO2/c1-5-24-20-11-18(13-23-12-15(2)3)10-19(22)21(20)25-14-17-8-6-16(4)7-9-17/h6-11,15,23H,5,12-14H2,1-4H3. The minimum absolute atomic E-state index is 0.518. The number of benzene rings is 2. The average Bonchev–Trinajstić information content (AvgIpc) is 2.55. The number of aryl methyl sites for hydroxylation is 1. The minimum Gasteiger partial charge on any atom is -0.490 e. The van der Waals surface area contributed by atoms with Crippen LogP contribution in [0.1, 0.15) is 37.5 Å². The lowest BCUT2D eigenvalue weighted by Crippen LogP contribution is -2.19. The molecule has 1 N–H and O–H groups in total. The first-order valence-electron chi connectivity index (χ1n) is 8.83. The predicted octanol–water partition coefficient (Wildman–Crippen LogP) is 5.48. The van der Waals surface area contributed by atoms with Crippen LogP contribution >= 0.6 is 15.9 Å². The van der Waals surface area contributed by atoms with Crippen molar-refractivity contribution in [1.29, 1.82) is 0 Å². The van der Waals surface area contributed by atoms with Crippen molar-refractivity contribution in [2.75, 3.05) is 13.2 Å². The topological polar surface area (TPSA) is 30.5 Å². The average molecular weight is 406 g/mol. The molecule has 0 radical (unpaired) electrons. The quantitative estimate of drug-likeness (QED) is 0.598. The lowest BCUT2D eigenvalue weighted by Gasteiger charge is -2.16. The van der Waals surface area contributed by atoms with Crippen molar-refractivity contribution in [2.24, 2.45) is 5.92 Å². The van der Waals surface area contributed by atoms with Crippen molar-refractivity contribution in [3.8, 4) is 11.5 Å². The van der Waals surface area contributed by atoms with Crippen LogP contribution in [0.25, 0.3) is 0 Å². The number of hydrogen-bond acceptors (Lipinski definition) is 3. The maximum Gasteiger partial charge on any atom is 0.175 e. The van der Waals surface area contributed by atoms with Crippen LogP contribution in [0.4, 0.5) is 0 Å². The van der Waals surface area contributed by atoms with Crippen LogP contribution in [0.3, 0.4) is 0 Å². The third-order valence-corrected chi connectivity index (χ3v) is 4.34. The Balaban J connectivity index is 2.11. The Morgan fingerprint density at radius 1 is 1.04 bits per heavy atom. The molecule has 0 fully saturated rings. The first kappa shape index (κ1) is 19.8. The third kappa shape index (κ3) is 6.37. The van der Waals surface area contributed by atoms with E-state index >= 15 is 0 Å². The van der Waals surface area contributed by atoms with E-state index in [4.69, 9.17) is 9.47 Å². The third-order valence-electron chi connectivity index (χ3n) is 3.75. The van der Waals surface area contributed by atoms with Crippen LogP contribution in [0.15, 0.2) is 40.9 Å². The molecule has 0 aliphatic carbocycles. The van der Waals surface area contributed by atoms with E-state index in [2.05, 4.69) is 78.4 Å². The zero-order valence-corrected chi connectivity index (χ0v) is 17.2. The Hall–Kier alpha value is -1.52. The van der Waals surface area contributed by atoms with Gasteiger partial charge >= 0.3 is 0 Å². The highest BCUT2D eigenvalue weighted by Crippen LogP contribution is 2.37. The minimum atomic E-state index is 0.518. The van der Waals surface area contributed by atoms with Crippen LogP contribution in [-0.4, -0.2) is 13.2 Å². The van der Waals surface area contributed by atoms with Crippen LogP contribution in [0.5, 0.6) is 11.5 Å². The van der Waals surface area contributed by atoms with Gasteiger partial charge in [0.2, 0.25) is 0 Å². The maximum absolute atomic E-state index is 6.05. The second kappa shape index (κ2) is 9.83. The summed E-state index contributed by atoms with van der Waals surface area (Å²) < 4.78 is 12.8. The molecule has 0 aliphatic heterocycles. The normalized spacial score (nSPS) is 11.0. The molecule has 0 bridgehead atoms. The van der Waals surface area contributed by atoms with Crippen LogP contribution in [-0.2, 0) is 13.2 Å². The molecule has 0 aliphatic rings. The second-order valence-electron chi connectivity index (χ2n) is 6.64. The Kier molecular flexibility index (Phi) is 7.79. The molecule has 2 aromatic carbocycles. The molecule has 0 saturated carbocycles. The summed E-state index contributed by atoms with van der Waals surface area (Å²) in [5.41, 5.74) is 3.57. The SMILES string of the molecule is CCOc1cc(CNCC(C)C)cc(Br)c1OCc1ccc(C)cc1. The Labute approximate surface area is 159 Å². The van der Waals surface area contributed by atoms with Gasteiger partial charge in [-0.1, -0.05) is 43.7 Å². The number of ether oxygens (including phenoxy) is 2. The molecule has 0 spiro atoms. The highest BCUT2D eigenvalue weighted by molar-refractivity contribution is 9.10. The summed E-state index contributed by atoms with van der Waals surface area (Å²) in [6, 6.07) is 12.5. The van der Waals surface area contributed by atoms with E-state index in [0.717, 1.165) is 34.6 Å². The summed E-state index contributed by atoms with van der Waals surface area (Å²) in [4.78, 5) is 0. The first-order chi connectivity index (χ1) is 12.0. The van der Waals surface area contributed by atoms with E-state index in [-0.39, 0.29) is 0 Å². The number of halogens is 1. The Morgan fingerprint density at radius 3 is 2.40 bits per heavy atom. The van der Waals surface area contributed by atoms with Crippen molar-refractivity contribution in [3.63, 3.8) is 0 Å². The number of rotatable bonds is 9. The second-order valence-corrected chi connectivity index (χ2v) is 7.49. The Bertz CT molecular complexity index is 668. The highest BCUT2D eigenvalue weighted by atomic mass is 79.9. The molecule has 0 atom stereocenters. The van der Waals surface area contributed by atoms with E-state index in [0.29, 0.717) is 19.1 Å². The summed E-state index contributed by atoms with van der Waals surface area (Å²) in [7, 11) is 0. The van der Waals surface area contributed by atoms with Crippen molar-refractivity contribution in [1.82, 2.24) is 5.32 Å². The van der Waals surface area contributed by atoms with Crippen LogP contribution in [0, 0.1) is 12.8 Å². The summed E-state index contributed by atoms with van der Waals surface area (Å²) in [6.45, 7) is 11.4. The molecule has 0 heterocycles. The van der Waals surface area contributed by atoms with E-state index in [1.165, 1.54) is 11.1 Å². The maximum atomic E-state index is 6.05. The van der Waals surface area contributed by atoms with Crippen LogP contribution in [0.2, 0.25) is 0 Å². The van der Waals surface area contributed by atoms with Gasteiger partial charge in [-0.05, 0) is 65.5 Å². The molecule has 0 aromatic heterocycles. The molecular weight excluding hydrogens is 378 g/mol. The summed E-state index contributed by atoms with van der Waals surface area (Å²) in [5.74, 6) is 2.17. The lowest BCUT2D eigenvalue weighted by atomic mass is 10.1. The van der Waals surface area contributed by atoms with Gasteiger partial charge in [-0.25, -0.2) is 0 Å². The summed E-state index contributed by atoms with van der Waals surface area (Å²) in [5, 5.41) is 3.46. The molecule has 2 rings (SSSR count). The zero-order chi connectivity index (χ0) is 18.2. The Morgan fingerprint density at radius 2 is 1.76 bits per heavy atom. The largest absolute Gasteiger partial charge is 0.490 e. The molecule has 0 saturated heterocycles. The van der Waals surface area contributed by atoms with Gasteiger partial charge in [-0.2, -0.15) is 0 Å². The molecule has 2 aromatic rings. The van der Waals surface area contributed by atoms with Crippen molar-refractivity contribution < 1.29 is 9.47 Å². The van der Waals surface area contributed by atoms with Gasteiger partial charge in [0.1, 0.15) is 6.61 Å².